The molecule has 1 N–H and O–H groups in total. The zero-order valence-corrected chi connectivity index (χ0v) is 12.1. The van der Waals surface area contributed by atoms with Gasteiger partial charge in [-0.15, -0.1) is 0 Å². The van der Waals surface area contributed by atoms with E-state index < -0.39 is 5.97 Å². The number of rotatable bonds is 6. The van der Waals surface area contributed by atoms with Crippen molar-refractivity contribution in [3.63, 3.8) is 0 Å². The molecule has 21 heavy (non-hydrogen) atoms. The highest BCUT2D eigenvalue weighted by Crippen LogP contribution is 2.18. The second kappa shape index (κ2) is 7.75. The minimum Gasteiger partial charge on any atom is -0.490 e. The summed E-state index contributed by atoms with van der Waals surface area (Å²) < 4.78 is 11.0. The Labute approximate surface area is 124 Å². The van der Waals surface area contributed by atoms with Crippen LogP contribution in [0.5, 0.6) is 5.75 Å². The van der Waals surface area contributed by atoms with E-state index >= 15 is 0 Å². The number of carboxylic acids is 1. The molecule has 0 radical (unpaired) electrons. The molecule has 2 heterocycles. The highest BCUT2D eigenvalue weighted by molar-refractivity contribution is 5.85. The van der Waals surface area contributed by atoms with Crippen molar-refractivity contribution < 1.29 is 19.4 Å². The Hall–Kier alpha value is -1.92. The minimum atomic E-state index is -1.00. The molecule has 0 unspecified atom stereocenters. The fourth-order valence-corrected chi connectivity index (χ4v) is 2.07. The van der Waals surface area contributed by atoms with Gasteiger partial charge in [-0.1, -0.05) is 0 Å². The van der Waals surface area contributed by atoms with E-state index in [1.807, 2.05) is 19.1 Å². The van der Waals surface area contributed by atoms with Crippen LogP contribution < -0.4 is 4.74 Å². The third-order valence-electron chi connectivity index (χ3n) is 3.18. The summed E-state index contributed by atoms with van der Waals surface area (Å²) >= 11 is 0. The molecule has 0 amide bonds. The van der Waals surface area contributed by atoms with E-state index in [1.54, 1.807) is 0 Å². The first-order chi connectivity index (χ1) is 10.1. The topological polar surface area (TPSA) is 71.9 Å². The van der Waals surface area contributed by atoms with Gasteiger partial charge in [0.05, 0.1) is 13.2 Å². The van der Waals surface area contributed by atoms with Crippen molar-refractivity contribution in [2.45, 2.75) is 6.92 Å². The summed E-state index contributed by atoms with van der Waals surface area (Å²) in [6, 6.07) is 3.67. The summed E-state index contributed by atoms with van der Waals surface area (Å²) in [6.07, 6.45) is 2.52. The van der Waals surface area contributed by atoms with Gasteiger partial charge in [0, 0.05) is 31.4 Å². The van der Waals surface area contributed by atoms with Crippen LogP contribution in [0.1, 0.15) is 11.4 Å². The van der Waals surface area contributed by atoms with E-state index in [-0.39, 0.29) is 0 Å². The predicted octanol–water partition coefficient (Wildman–Crippen LogP) is 1.20. The van der Waals surface area contributed by atoms with Crippen LogP contribution in [0.4, 0.5) is 0 Å². The maximum atomic E-state index is 10.6. The number of carboxylic acid groups (broad SMARTS) is 1. The van der Waals surface area contributed by atoms with Gasteiger partial charge in [-0.2, -0.15) is 0 Å². The first-order valence-corrected chi connectivity index (χ1v) is 6.97. The summed E-state index contributed by atoms with van der Waals surface area (Å²) in [6.45, 7) is 6.58. The molecule has 1 aliphatic rings. The maximum Gasteiger partial charge on any atom is 0.328 e. The molecule has 0 aromatic carbocycles. The molecular formula is C15H20N2O4. The molecule has 6 heteroatoms. The molecule has 1 aliphatic heterocycles. The van der Waals surface area contributed by atoms with Crippen molar-refractivity contribution in [1.82, 2.24) is 9.88 Å². The molecule has 1 aromatic heterocycles. The molecule has 1 saturated heterocycles. The highest BCUT2D eigenvalue weighted by Gasteiger charge is 2.10. The average molecular weight is 292 g/mol. The van der Waals surface area contributed by atoms with Gasteiger partial charge in [0.1, 0.15) is 18.1 Å². The van der Waals surface area contributed by atoms with Crippen molar-refractivity contribution in [1.29, 1.82) is 0 Å². The van der Waals surface area contributed by atoms with Crippen LogP contribution in [-0.2, 0) is 9.53 Å². The first kappa shape index (κ1) is 15.5. The highest BCUT2D eigenvalue weighted by atomic mass is 16.5. The standard InChI is InChI=1S/C15H20N2O4/c1-12-2-4-14(13(16-12)3-5-15(18)19)21-11-8-17-6-9-20-10-7-17/h2-5H,6-11H2,1H3,(H,18,19). The molecular weight excluding hydrogens is 272 g/mol. The Balaban J connectivity index is 1.93. The van der Waals surface area contributed by atoms with Crippen molar-refractivity contribution in [3.05, 3.63) is 29.6 Å². The van der Waals surface area contributed by atoms with E-state index in [0.29, 0.717) is 18.1 Å². The number of nitrogens with zero attached hydrogens (tertiary/aromatic N) is 2. The van der Waals surface area contributed by atoms with Gasteiger partial charge in [-0.05, 0) is 25.1 Å². The van der Waals surface area contributed by atoms with Gasteiger partial charge in [-0.3, -0.25) is 4.90 Å². The van der Waals surface area contributed by atoms with Crippen LogP contribution in [0.25, 0.3) is 6.08 Å². The second-order valence-electron chi connectivity index (χ2n) is 4.81. The van der Waals surface area contributed by atoms with Gasteiger partial charge in [0.25, 0.3) is 0 Å². The predicted molar refractivity (Wildman–Crippen MR) is 78.4 cm³/mol. The summed E-state index contributed by atoms with van der Waals surface area (Å²) in [5.74, 6) is -0.399. The molecule has 6 nitrogen and oxygen atoms in total. The summed E-state index contributed by atoms with van der Waals surface area (Å²) in [5, 5.41) is 8.71. The van der Waals surface area contributed by atoms with Gasteiger partial charge >= 0.3 is 5.97 Å². The minimum absolute atomic E-state index is 0.540. The summed E-state index contributed by atoms with van der Waals surface area (Å²) in [5.41, 5.74) is 1.36. The normalized spacial score (nSPS) is 16.2. The van der Waals surface area contributed by atoms with Crippen molar-refractivity contribution >= 4 is 12.0 Å². The number of aromatic nitrogens is 1. The van der Waals surface area contributed by atoms with Crippen molar-refractivity contribution in [2.24, 2.45) is 0 Å². The first-order valence-electron chi connectivity index (χ1n) is 6.97. The quantitative estimate of drug-likeness (QED) is 0.794. The third kappa shape index (κ3) is 5.17. The fraction of sp³-hybridized carbons (Fsp3) is 0.467. The number of ether oxygens (including phenoxy) is 2. The Kier molecular flexibility index (Phi) is 5.71. The molecule has 0 saturated carbocycles. The van der Waals surface area contributed by atoms with E-state index in [1.165, 1.54) is 6.08 Å². The Morgan fingerprint density at radius 1 is 1.48 bits per heavy atom. The summed E-state index contributed by atoms with van der Waals surface area (Å²) in [7, 11) is 0. The van der Waals surface area contributed by atoms with Crippen LogP contribution in [0, 0.1) is 6.92 Å². The smallest absolute Gasteiger partial charge is 0.328 e. The lowest BCUT2D eigenvalue weighted by atomic mass is 10.2. The monoisotopic (exact) mass is 292 g/mol. The molecule has 0 spiro atoms. The van der Waals surface area contributed by atoms with Crippen LogP contribution >= 0.6 is 0 Å². The Bertz CT molecular complexity index is 510. The van der Waals surface area contributed by atoms with Crippen molar-refractivity contribution in [3.8, 4) is 5.75 Å². The number of aryl methyl sites for hydroxylation is 1. The zero-order chi connectivity index (χ0) is 15.1. The molecule has 1 aromatic rings. The number of hydrogen-bond acceptors (Lipinski definition) is 5. The Morgan fingerprint density at radius 3 is 2.95 bits per heavy atom. The van der Waals surface area contributed by atoms with Gasteiger partial charge in [0.2, 0.25) is 0 Å². The lowest BCUT2D eigenvalue weighted by Crippen LogP contribution is -2.38. The molecule has 1 fully saturated rings. The van der Waals surface area contributed by atoms with Crippen molar-refractivity contribution in [2.75, 3.05) is 39.5 Å². The number of hydrogen-bond donors (Lipinski definition) is 1. The fourth-order valence-electron chi connectivity index (χ4n) is 2.07. The van der Waals surface area contributed by atoms with Crippen LogP contribution in [0.2, 0.25) is 0 Å². The SMILES string of the molecule is Cc1ccc(OCCN2CCOCC2)c(C=CC(=O)O)n1. The molecule has 0 aliphatic carbocycles. The number of aliphatic carboxylic acids is 1. The molecule has 0 atom stereocenters. The van der Waals surface area contributed by atoms with Crippen LogP contribution in [-0.4, -0.2) is 60.4 Å². The molecule has 114 valence electrons. The number of morpholine rings is 1. The Morgan fingerprint density at radius 2 is 2.24 bits per heavy atom. The molecule has 2 rings (SSSR count). The van der Waals surface area contributed by atoms with Crippen LogP contribution in [0.15, 0.2) is 18.2 Å². The average Bonchev–Trinajstić information content (AvgIpc) is 2.48. The van der Waals surface area contributed by atoms with Gasteiger partial charge in [0.15, 0.2) is 0 Å². The van der Waals surface area contributed by atoms with E-state index in [4.69, 9.17) is 14.6 Å². The maximum absolute atomic E-state index is 10.6. The largest absolute Gasteiger partial charge is 0.490 e. The third-order valence-corrected chi connectivity index (χ3v) is 3.18. The lowest BCUT2D eigenvalue weighted by molar-refractivity contribution is -0.131. The van der Waals surface area contributed by atoms with Gasteiger partial charge in [-0.25, -0.2) is 9.78 Å². The van der Waals surface area contributed by atoms with Gasteiger partial charge < -0.3 is 14.6 Å². The van der Waals surface area contributed by atoms with E-state index in [2.05, 4.69) is 9.88 Å². The summed E-state index contributed by atoms with van der Waals surface area (Å²) in [4.78, 5) is 17.2. The van der Waals surface area contributed by atoms with E-state index in [0.717, 1.165) is 44.6 Å². The second-order valence-corrected chi connectivity index (χ2v) is 4.81. The van der Waals surface area contributed by atoms with E-state index in [9.17, 15) is 4.79 Å². The number of pyridine rings is 1. The molecule has 0 bridgehead atoms. The van der Waals surface area contributed by atoms with Crippen LogP contribution in [0.3, 0.4) is 0 Å². The zero-order valence-electron chi connectivity index (χ0n) is 12.1. The number of carbonyl (C=O) groups is 1. The lowest BCUT2D eigenvalue weighted by Gasteiger charge is -2.26.